The minimum absolute atomic E-state index is 0.110. The molecule has 1 saturated heterocycles. The van der Waals surface area contributed by atoms with Gasteiger partial charge in [-0.1, -0.05) is 72.8 Å². The summed E-state index contributed by atoms with van der Waals surface area (Å²) in [4.78, 5) is 26.6. The summed E-state index contributed by atoms with van der Waals surface area (Å²) in [5, 5.41) is 0. The molecule has 0 bridgehead atoms. The van der Waals surface area contributed by atoms with Gasteiger partial charge >= 0.3 is 0 Å². The van der Waals surface area contributed by atoms with Gasteiger partial charge in [0, 0.05) is 43.5 Å². The first-order valence-electron chi connectivity index (χ1n) is 11.0. The Balaban J connectivity index is 1.43. The highest BCUT2D eigenvalue weighted by Crippen LogP contribution is 2.27. The molecule has 33 heavy (non-hydrogen) atoms. The molecular weight excluding hydrogens is 415 g/mol. The molecule has 1 fully saturated rings. The fourth-order valence-corrected chi connectivity index (χ4v) is 4.11. The normalized spacial score (nSPS) is 13.7. The Morgan fingerprint density at radius 1 is 0.758 bits per heavy atom. The van der Waals surface area contributed by atoms with Gasteiger partial charge in [-0.2, -0.15) is 0 Å². The van der Waals surface area contributed by atoms with Gasteiger partial charge in [-0.3, -0.25) is 4.79 Å². The summed E-state index contributed by atoms with van der Waals surface area (Å²) in [6.45, 7) is 2.14. The molecule has 1 aromatic heterocycles. The number of hydrogen-bond acceptors (Lipinski definition) is 4. The zero-order valence-electron chi connectivity index (χ0n) is 18.1. The minimum atomic E-state index is -0.242. The lowest BCUT2D eigenvalue weighted by Gasteiger charge is -2.36. The molecule has 0 atom stereocenters. The van der Waals surface area contributed by atoms with E-state index in [0.717, 1.165) is 11.1 Å². The van der Waals surface area contributed by atoms with Crippen LogP contribution in [0.3, 0.4) is 0 Å². The monoisotopic (exact) mass is 438 g/mol. The molecule has 3 aromatic carbocycles. The van der Waals surface area contributed by atoms with E-state index < -0.39 is 0 Å². The predicted molar refractivity (Wildman–Crippen MR) is 127 cm³/mol. The smallest absolute Gasteiger partial charge is 0.257 e. The largest absolute Gasteiger partial charge is 0.366 e. The lowest BCUT2D eigenvalue weighted by molar-refractivity contribution is 0.0746. The van der Waals surface area contributed by atoms with Crippen LogP contribution in [0.15, 0.2) is 91.1 Å². The number of carbonyl (C=O) groups is 1. The molecule has 1 aliphatic heterocycles. The zero-order valence-corrected chi connectivity index (χ0v) is 18.1. The molecule has 0 N–H and O–H groups in total. The number of nitrogens with zero attached hydrogens (tertiary/aromatic N) is 4. The molecule has 4 aromatic rings. The van der Waals surface area contributed by atoms with Crippen LogP contribution in [0.1, 0.15) is 10.4 Å². The first-order chi connectivity index (χ1) is 16.2. The van der Waals surface area contributed by atoms with Crippen molar-refractivity contribution in [3.05, 3.63) is 103 Å². The SMILES string of the molecule is O=C(c1cnc(-c2ccccc2)nc1-c1ccccc1)N1CCN(c2ccccc2F)CC1. The highest BCUT2D eigenvalue weighted by Gasteiger charge is 2.26. The Morgan fingerprint density at radius 2 is 1.36 bits per heavy atom. The summed E-state index contributed by atoms with van der Waals surface area (Å²) >= 11 is 0. The van der Waals surface area contributed by atoms with Crippen LogP contribution in [0, 0.1) is 5.82 Å². The summed E-state index contributed by atoms with van der Waals surface area (Å²) < 4.78 is 14.2. The molecule has 0 unspecified atom stereocenters. The number of amides is 1. The average molecular weight is 439 g/mol. The molecule has 164 valence electrons. The molecule has 5 rings (SSSR count). The van der Waals surface area contributed by atoms with Crippen LogP contribution in [0.2, 0.25) is 0 Å². The second-order valence-electron chi connectivity index (χ2n) is 7.92. The van der Waals surface area contributed by atoms with E-state index in [1.807, 2.05) is 71.6 Å². The number of benzene rings is 3. The maximum atomic E-state index is 14.2. The third kappa shape index (κ3) is 4.32. The van der Waals surface area contributed by atoms with Gasteiger partial charge in [0.05, 0.1) is 16.9 Å². The van der Waals surface area contributed by atoms with E-state index >= 15 is 0 Å². The quantitative estimate of drug-likeness (QED) is 0.454. The lowest BCUT2D eigenvalue weighted by Crippen LogP contribution is -2.49. The molecule has 0 spiro atoms. The van der Waals surface area contributed by atoms with Crippen molar-refractivity contribution in [2.45, 2.75) is 0 Å². The number of carbonyl (C=O) groups excluding carboxylic acids is 1. The third-order valence-electron chi connectivity index (χ3n) is 5.86. The summed E-state index contributed by atoms with van der Waals surface area (Å²) in [5.41, 5.74) is 3.42. The molecule has 6 heteroatoms. The van der Waals surface area contributed by atoms with Crippen LogP contribution in [-0.2, 0) is 0 Å². The number of aromatic nitrogens is 2. The van der Waals surface area contributed by atoms with Gasteiger partial charge in [0.2, 0.25) is 0 Å². The van der Waals surface area contributed by atoms with E-state index in [1.54, 1.807) is 23.2 Å². The van der Waals surface area contributed by atoms with Gasteiger partial charge in [-0.15, -0.1) is 0 Å². The summed E-state index contributed by atoms with van der Waals surface area (Å²) in [7, 11) is 0. The van der Waals surface area contributed by atoms with E-state index in [1.165, 1.54) is 6.07 Å². The fourth-order valence-electron chi connectivity index (χ4n) is 4.11. The highest BCUT2D eigenvalue weighted by molar-refractivity contribution is 6.00. The zero-order chi connectivity index (χ0) is 22.6. The van der Waals surface area contributed by atoms with Crippen molar-refractivity contribution in [2.24, 2.45) is 0 Å². The first-order valence-corrected chi connectivity index (χ1v) is 11.0. The van der Waals surface area contributed by atoms with E-state index in [4.69, 9.17) is 4.98 Å². The molecular formula is C27H23FN4O. The van der Waals surface area contributed by atoms with Gasteiger partial charge in [0.25, 0.3) is 5.91 Å². The number of halogens is 1. The second-order valence-corrected chi connectivity index (χ2v) is 7.92. The summed E-state index contributed by atoms with van der Waals surface area (Å²) in [6.07, 6.45) is 1.63. The van der Waals surface area contributed by atoms with Crippen LogP contribution in [0.25, 0.3) is 22.6 Å². The van der Waals surface area contributed by atoms with Crippen molar-refractivity contribution < 1.29 is 9.18 Å². The number of rotatable bonds is 4. The van der Waals surface area contributed by atoms with Crippen LogP contribution in [0.4, 0.5) is 10.1 Å². The topological polar surface area (TPSA) is 49.3 Å². The van der Waals surface area contributed by atoms with Gasteiger partial charge in [0.15, 0.2) is 5.82 Å². The maximum Gasteiger partial charge on any atom is 0.257 e. The standard InChI is InChI=1S/C27H23FN4O/c28-23-13-7-8-14-24(23)31-15-17-32(18-16-31)27(33)22-19-29-26(21-11-5-2-6-12-21)30-25(22)20-9-3-1-4-10-20/h1-14,19H,15-18H2. The molecule has 1 amide bonds. The Kier molecular flexibility index (Phi) is 5.81. The van der Waals surface area contributed by atoms with Crippen molar-refractivity contribution in [2.75, 3.05) is 31.1 Å². The lowest BCUT2D eigenvalue weighted by atomic mass is 10.0. The molecule has 0 aliphatic carbocycles. The van der Waals surface area contributed by atoms with Crippen molar-refractivity contribution in [1.29, 1.82) is 0 Å². The molecule has 0 saturated carbocycles. The summed E-state index contributed by atoms with van der Waals surface area (Å²) in [6, 6.07) is 26.2. The second kappa shape index (κ2) is 9.20. The fraction of sp³-hybridized carbons (Fsp3) is 0.148. The van der Waals surface area contributed by atoms with Crippen LogP contribution >= 0.6 is 0 Å². The van der Waals surface area contributed by atoms with E-state index in [-0.39, 0.29) is 11.7 Å². The number of para-hydroxylation sites is 1. The Morgan fingerprint density at radius 3 is 2.03 bits per heavy atom. The van der Waals surface area contributed by atoms with Crippen LogP contribution in [-0.4, -0.2) is 47.0 Å². The van der Waals surface area contributed by atoms with E-state index in [9.17, 15) is 9.18 Å². The van der Waals surface area contributed by atoms with Crippen molar-refractivity contribution in [1.82, 2.24) is 14.9 Å². The number of anilines is 1. The van der Waals surface area contributed by atoms with Gasteiger partial charge in [0.1, 0.15) is 5.82 Å². The number of piperazine rings is 1. The maximum absolute atomic E-state index is 14.2. The third-order valence-corrected chi connectivity index (χ3v) is 5.86. The Labute approximate surface area is 192 Å². The molecule has 1 aliphatic rings. The minimum Gasteiger partial charge on any atom is -0.366 e. The Hall–Kier alpha value is -4.06. The Bertz CT molecular complexity index is 1260. The van der Waals surface area contributed by atoms with Gasteiger partial charge < -0.3 is 9.80 Å². The van der Waals surface area contributed by atoms with Crippen LogP contribution in [0.5, 0.6) is 0 Å². The molecule has 0 radical (unpaired) electrons. The van der Waals surface area contributed by atoms with Gasteiger partial charge in [-0.25, -0.2) is 14.4 Å². The molecule has 2 heterocycles. The molecule has 5 nitrogen and oxygen atoms in total. The van der Waals surface area contributed by atoms with Gasteiger partial charge in [-0.05, 0) is 12.1 Å². The van der Waals surface area contributed by atoms with Crippen LogP contribution < -0.4 is 4.90 Å². The average Bonchev–Trinajstić information content (AvgIpc) is 2.89. The van der Waals surface area contributed by atoms with E-state index in [2.05, 4.69) is 4.98 Å². The number of hydrogen-bond donors (Lipinski definition) is 0. The predicted octanol–water partition coefficient (Wildman–Crippen LogP) is 4.91. The van der Waals surface area contributed by atoms with Crippen molar-refractivity contribution >= 4 is 11.6 Å². The first kappa shape index (κ1) is 20.8. The van der Waals surface area contributed by atoms with Crippen molar-refractivity contribution in [3.63, 3.8) is 0 Å². The highest BCUT2D eigenvalue weighted by atomic mass is 19.1. The summed E-state index contributed by atoms with van der Waals surface area (Å²) in [5.74, 6) is 0.227. The van der Waals surface area contributed by atoms with Crippen molar-refractivity contribution in [3.8, 4) is 22.6 Å². The van der Waals surface area contributed by atoms with E-state index in [0.29, 0.717) is 48.9 Å².